The average molecular weight is 274 g/mol. The molecule has 0 aliphatic carbocycles. The van der Waals surface area contributed by atoms with Crippen LogP contribution in [-0.4, -0.2) is 22.6 Å². The van der Waals surface area contributed by atoms with Gasteiger partial charge in [0.1, 0.15) is 0 Å². The van der Waals surface area contributed by atoms with Gasteiger partial charge >= 0.3 is 0 Å². The first kappa shape index (κ1) is 14.0. The number of aromatic nitrogens is 2. The predicted molar refractivity (Wildman–Crippen MR) is 74.9 cm³/mol. The number of nitrogens with zero attached hydrogens (tertiary/aromatic N) is 2. The SMILES string of the molecule is CC(CC(=O)NCCc1ncno1)c1ccc(N)cc1. The minimum absolute atomic E-state index is 0.00819. The molecule has 1 atom stereocenters. The van der Waals surface area contributed by atoms with Crippen LogP contribution in [0.5, 0.6) is 0 Å². The highest BCUT2D eigenvalue weighted by Crippen LogP contribution is 2.19. The third-order valence-electron chi connectivity index (χ3n) is 3.07. The Bertz CT molecular complexity index is 537. The molecule has 2 aromatic rings. The van der Waals surface area contributed by atoms with Crippen molar-refractivity contribution < 1.29 is 9.32 Å². The van der Waals surface area contributed by atoms with Crippen molar-refractivity contribution in [3.8, 4) is 0 Å². The Balaban J connectivity index is 1.74. The molecule has 0 radical (unpaired) electrons. The Morgan fingerprint density at radius 1 is 1.40 bits per heavy atom. The average Bonchev–Trinajstić information content (AvgIpc) is 2.92. The van der Waals surface area contributed by atoms with Crippen LogP contribution >= 0.6 is 0 Å². The highest BCUT2D eigenvalue weighted by molar-refractivity contribution is 5.76. The van der Waals surface area contributed by atoms with Crippen LogP contribution in [0.1, 0.15) is 30.7 Å². The summed E-state index contributed by atoms with van der Waals surface area (Å²) in [6, 6.07) is 7.59. The van der Waals surface area contributed by atoms with Gasteiger partial charge in [-0.2, -0.15) is 4.98 Å². The van der Waals surface area contributed by atoms with Crippen LogP contribution in [0, 0.1) is 0 Å². The van der Waals surface area contributed by atoms with E-state index in [-0.39, 0.29) is 11.8 Å². The quantitative estimate of drug-likeness (QED) is 0.778. The smallest absolute Gasteiger partial charge is 0.228 e. The van der Waals surface area contributed by atoms with Gasteiger partial charge in [-0.3, -0.25) is 4.79 Å². The lowest BCUT2D eigenvalue weighted by atomic mass is 9.97. The van der Waals surface area contributed by atoms with Gasteiger partial charge in [0.05, 0.1) is 0 Å². The molecule has 0 fully saturated rings. The van der Waals surface area contributed by atoms with Crippen LogP contribution in [-0.2, 0) is 11.2 Å². The molecule has 0 bridgehead atoms. The summed E-state index contributed by atoms with van der Waals surface area (Å²) in [5.74, 6) is 0.685. The molecule has 0 aliphatic rings. The Morgan fingerprint density at radius 2 is 2.15 bits per heavy atom. The molecular weight excluding hydrogens is 256 g/mol. The fourth-order valence-corrected chi connectivity index (χ4v) is 1.91. The van der Waals surface area contributed by atoms with Crippen molar-refractivity contribution in [2.24, 2.45) is 0 Å². The molecule has 1 aromatic carbocycles. The molecule has 0 saturated heterocycles. The van der Waals surface area contributed by atoms with Crippen molar-refractivity contribution in [1.29, 1.82) is 0 Å². The molecule has 0 saturated carbocycles. The van der Waals surface area contributed by atoms with Gasteiger partial charge in [-0.1, -0.05) is 24.2 Å². The molecule has 0 spiro atoms. The number of nitrogens with one attached hydrogen (secondary N) is 1. The van der Waals surface area contributed by atoms with Gasteiger partial charge in [0.25, 0.3) is 0 Å². The molecular formula is C14H18N4O2. The zero-order chi connectivity index (χ0) is 14.4. The Morgan fingerprint density at radius 3 is 2.80 bits per heavy atom. The highest BCUT2D eigenvalue weighted by atomic mass is 16.5. The summed E-state index contributed by atoms with van der Waals surface area (Å²) in [7, 11) is 0. The van der Waals surface area contributed by atoms with Gasteiger partial charge in [0.15, 0.2) is 6.33 Å². The molecule has 0 aliphatic heterocycles. The van der Waals surface area contributed by atoms with E-state index in [0.717, 1.165) is 11.3 Å². The molecule has 20 heavy (non-hydrogen) atoms. The van der Waals surface area contributed by atoms with Gasteiger partial charge in [-0.15, -0.1) is 0 Å². The van der Waals surface area contributed by atoms with Crippen molar-refractivity contribution in [3.05, 3.63) is 42.0 Å². The second-order valence-corrected chi connectivity index (χ2v) is 4.71. The summed E-state index contributed by atoms with van der Waals surface area (Å²) in [5, 5.41) is 6.35. The Labute approximate surface area is 117 Å². The lowest BCUT2D eigenvalue weighted by molar-refractivity contribution is -0.121. The molecule has 6 nitrogen and oxygen atoms in total. The topological polar surface area (TPSA) is 94.0 Å². The first-order valence-electron chi connectivity index (χ1n) is 6.53. The maximum absolute atomic E-state index is 11.8. The van der Waals surface area contributed by atoms with Crippen LogP contribution in [0.2, 0.25) is 0 Å². The molecule has 2 rings (SSSR count). The van der Waals surface area contributed by atoms with E-state index >= 15 is 0 Å². The zero-order valence-electron chi connectivity index (χ0n) is 11.4. The number of benzene rings is 1. The lowest BCUT2D eigenvalue weighted by Crippen LogP contribution is -2.26. The van der Waals surface area contributed by atoms with E-state index in [1.165, 1.54) is 6.33 Å². The number of anilines is 1. The normalized spacial score (nSPS) is 12.1. The van der Waals surface area contributed by atoms with Crippen molar-refractivity contribution in [3.63, 3.8) is 0 Å². The number of nitrogens with two attached hydrogens (primary N) is 1. The minimum atomic E-state index is 0.00819. The van der Waals surface area contributed by atoms with Crippen LogP contribution < -0.4 is 11.1 Å². The third kappa shape index (κ3) is 4.08. The number of nitrogen functional groups attached to an aromatic ring is 1. The van der Waals surface area contributed by atoms with E-state index in [2.05, 4.69) is 15.5 Å². The molecule has 6 heteroatoms. The maximum atomic E-state index is 11.8. The standard InChI is InChI=1S/C14H18N4O2/c1-10(11-2-4-12(15)5-3-11)8-13(19)16-7-6-14-17-9-18-20-14/h2-5,9-10H,6-8,15H2,1H3,(H,16,19). The summed E-state index contributed by atoms with van der Waals surface area (Å²) in [6.07, 6.45) is 2.33. The molecule has 1 aromatic heterocycles. The van der Waals surface area contributed by atoms with Crippen LogP contribution in [0.4, 0.5) is 5.69 Å². The molecule has 106 valence electrons. The lowest BCUT2D eigenvalue weighted by Gasteiger charge is -2.12. The third-order valence-corrected chi connectivity index (χ3v) is 3.07. The number of carbonyl (C=O) groups is 1. The molecule has 3 N–H and O–H groups in total. The van der Waals surface area contributed by atoms with Gasteiger partial charge < -0.3 is 15.6 Å². The van der Waals surface area contributed by atoms with Gasteiger partial charge in [0, 0.05) is 25.1 Å². The van der Waals surface area contributed by atoms with E-state index in [0.29, 0.717) is 25.3 Å². The second kappa shape index (κ2) is 6.70. The summed E-state index contributed by atoms with van der Waals surface area (Å²) in [6.45, 7) is 2.51. The summed E-state index contributed by atoms with van der Waals surface area (Å²) >= 11 is 0. The van der Waals surface area contributed by atoms with Gasteiger partial charge in [-0.05, 0) is 23.6 Å². The fraction of sp³-hybridized carbons (Fsp3) is 0.357. The first-order chi connectivity index (χ1) is 9.65. The largest absolute Gasteiger partial charge is 0.399 e. The summed E-state index contributed by atoms with van der Waals surface area (Å²) < 4.78 is 4.85. The summed E-state index contributed by atoms with van der Waals surface area (Å²) in [5.41, 5.74) is 7.47. The van der Waals surface area contributed by atoms with Crippen LogP contribution in [0.25, 0.3) is 0 Å². The maximum Gasteiger partial charge on any atom is 0.228 e. The summed E-state index contributed by atoms with van der Waals surface area (Å²) in [4.78, 5) is 15.7. The van der Waals surface area contributed by atoms with Gasteiger partial charge in [-0.25, -0.2) is 0 Å². The van der Waals surface area contributed by atoms with E-state index in [1.807, 2.05) is 31.2 Å². The fourth-order valence-electron chi connectivity index (χ4n) is 1.91. The van der Waals surface area contributed by atoms with Crippen molar-refractivity contribution in [2.75, 3.05) is 12.3 Å². The minimum Gasteiger partial charge on any atom is -0.399 e. The second-order valence-electron chi connectivity index (χ2n) is 4.71. The molecule has 1 heterocycles. The number of rotatable bonds is 6. The zero-order valence-corrected chi connectivity index (χ0v) is 11.4. The van der Waals surface area contributed by atoms with Gasteiger partial charge in [0.2, 0.25) is 11.8 Å². The number of hydrogen-bond acceptors (Lipinski definition) is 5. The number of carbonyl (C=O) groups excluding carboxylic acids is 1. The van der Waals surface area contributed by atoms with Crippen LogP contribution in [0.3, 0.4) is 0 Å². The van der Waals surface area contributed by atoms with Crippen molar-refractivity contribution in [2.45, 2.75) is 25.7 Å². The predicted octanol–water partition coefficient (Wildman–Crippen LogP) is 1.50. The Hall–Kier alpha value is -2.37. The molecule has 1 amide bonds. The van der Waals surface area contributed by atoms with E-state index in [1.54, 1.807) is 0 Å². The highest BCUT2D eigenvalue weighted by Gasteiger charge is 2.11. The van der Waals surface area contributed by atoms with Crippen LogP contribution in [0.15, 0.2) is 35.1 Å². The Kier molecular flexibility index (Phi) is 4.70. The number of amides is 1. The van der Waals surface area contributed by atoms with Crippen molar-refractivity contribution >= 4 is 11.6 Å². The van der Waals surface area contributed by atoms with Crippen molar-refractivity contribution in [1.82, 2.24) is 15.5 Å². The number of hydrogen-bond donors (Lipinski definition) is 2. The monoisotopic (exact) mass is 274 g/mol. The first-order valence-corrected chi connectivity index (χ1v) is 6.53. The van der Waals surface area contributed by atoms with E-state index < -0.39 is 0 Å². The van der Waals surface area contributed by atoms with E-state index in [9.17, 15) is 4.79 Å². The molecule has 1 unspecified atom stereocenters. The van der Waals surface area contributed by atoms with E-state index in [4.69, 9.17) is 10.3 Å².